The number of nitriles is 1. The predicted molar refractivity (Wildman–Crippen MR) is 127 cm³/mol. The topological polar surface area (TPSA) is 87.0 Å². The van der Waals surface area contributed by atoms with Crippen LogP contribution >= 0.6 is 0 Å². The standard InChI is InChI=1S/C26H28N4O2/c1-17-6-7-19-13-21(31)5-3-8-28-9-4-10-32-25-14-22-24(12-18(25)2)29-16-20(15-27)26(22)30-23(19)11-17/h6-7,11-12,14,16,28,30H,3-5,8-10,13H2,1-2H3. The van der Waals surface area contributed by atoms with E-state index >= 15 is 0 Å². The van der Waals surface area contributed by atoms with Crippen LogP contribution in [0.25, 0.3) is 10.9 Å². The Balaban J connectivity index is 1.84. The number of aryl methyl sites for hydroxylation is 2. The SMILES string of the molecule is Cc1ccc2c(c1)Nc1c(C#N)cnc3cc(C)c(cc13)OCCCNCCCC(=O)C2. The highest BCUT2D eigenvalue weighted by atomic mass is 16.5. The van der Waals surface area contributed by atoms with Gasteiger partial charge in [0.15, 0.2) is 0 Å². The van der Waals surface area contributed by atoms with Crippen LogP contribution in [0.1, 0.15) is 41.5 Å². The van der Waals surface area contributed by atoms with Gasteiger partial charge in [-0.15, -0.1) is 0 Å². The molecule has 164 valence electrons. The van der Waals surface area contributed by atoms with Gasteiger partial charge in [-0.05, 0) is 74.7 Å². The molecule has 2 heterocycles. The first-order valence-corrected chi connectivity index (χ1v) is 11.1. The highest BCUT2D eigenvalue weighted by molar-refractivity contribution is 5.97. The fraction of sp³-hybridized carbons (Fsp3) is 0.346. The van der Waals surface area contributed by atoms with Crippen molar-refractivity contribution in [3.63, 3.8) is 0 Å². The van der Waals surface area contributed by atoms with Crippen LogP contribution in [0.3, 0.4) is 0 Å². The normalized spacial score (nSPS) is 15.3. The molecule has 4 rings (SSSR count). The van der Waals surface area contributed by atoms with Crippen molar-refractivity contribution in [2.45, 2.75) is 39.5 Å². The van der Waals surface area contributed by atoms with Crippen molar-refractivity contribution in [2.75, 3.05) is 25.0 Å². The lowest BCUT2D eigenvalue weighted by molar-refractivity contribution is -0.118. The summed E-state index contributed by atoms with van der Waals surface area (Å²) < 4.78 is 6.07. The highest BCUT2D eigenvalue weighted by Crippen LogP contribution is 2.34. The van der Waals surface area contributed by atoms with E-state index in [1.165, 1.54) is 0 Å². The third-order valence-electron chi connectivity index (χ3n) is 5.76. The number of nitrogens with zero attached hydrogens (tertiary/aromatic N) is 2. The maximum absolute atomic E-state index is 12.6. The number of ether oxygens (including phenoxy) is 1. The summed E-state index contributed by atoms with van der Waals surface area (Å²) in [7, 11) is 0. The zero-order valence-electron chi connectivity index (χ0n) is 18.6. The summed E-state index contributed by atoms with van der Waals surface area (Å²) in [5.74, 6) is 1.01. The highest BCUT2D eigenvalue weighted by Gasteiger charge is 2.15. The lowest BCUT2D eigenvalue weighted by atomic mass is 10.0. The van der Waals surface area contributed by atoms with E-state index in [4.69, 9.17) is 4.74 Å². The van der Waals surface area contributed by atoms with Gasteiger partial charge in [0.1, 0.15) is 17.6 Å². The van der Waals surface area contributed by atoms with Gasteiger partial charge in [-0.3, -0.25) is 9.78 Å². The summed E-state index contributed by atoms with van der Waals surface area (Å²) in [5.41, 5.74) is 5.79. The van der Waals surface area contributed by atoms with Crippen molar-refractivity contribution in [1.29, 1.82) is 5.26 Å². The Morgan fingerprint density at radius 2 is 1.97 bits per heavy atom. The molecule has 1 aliphatic rings. The first-order valence-electron chi connectivity index (χ1n) is 11.1. The lowest BCUT2D eigenvalue weighted by Crippen LogP contribution is -2.19. The summed E-state index contributed by atoms with van der Waals surface area (Å²) >= 11 is 0. The average Bonchev–Trinajstić information content (AvgIpc) is 2.77. The number of anilines is 2. The predicted octanol–water partition coefficient (Wildman–Crippen LogP) is 4.73. The van der Waals surface area contributed by atoms with Crippen LogP contribution < -0.4 is 15.4 Å². The zero-order chi connectivity index (χ0) is 22.5. The number of rotatable bonds is 0. The molecule has 2 N–H and O–H groups in total. The molecule has 6 nitrogen and oxygen atoms in total. The van der Waals surface area contributed by atoms with Crippen LogP contribution in [0.15, 0.2) is 36.5 Å². The Labute approximate surface area is 188 Å². The summed E-state index contributed by atoms with van der Waals surface area (Å²) in [4.78, 5) is 17.1. The van der Waals surface area contributed by atoms with Gasteiger partial charge >= 0.3 is 0 Å². The van der Waals surface area contributed by atoms with Crippen molar-refractivity contribution < 1.29 is 9.53 Å². The van der Waals surface area contributed by atoms with E-state index in [9.17, 15) is 10.1 Å². The van der Waals surface area contributed by atoms with E-state index in [0.717, 1.165) is 65.0 Å². The molecule has 0 amide bonds. The van der Waals surface area contributed by atoms with Gasteiger partial charge in [0.05, 0.1) is 23.4 Å². The van der Waals surface area contributed by atoms with Crippen molar-refractivity contribution in [1.82, 2.24) is 10.3 Å². The van der Waals surface area contributed by atoms with Crippen molar-refractivity contribution >= 4 is 28.1 Å². The molecule has 0 saturated carbocycles. The number of hydrogen-bond donors (Lipinski definition) is 2. The van der Waals surface area contributed by atoms with Crippen molar-refractivity contribution in [2.24, 2.45) is 0 Å². The molecule has 0 saturated heterocycles. The number of aromatic nitrogens is 1. The van der Waals surface area contributed by atoms with Crippen LogP contribution in [0.2, 0.25) is 0 Å². The fourth-order valence-corrected chi connectivity index (χ4v) is 4.01. The molecule has 0 aliphatic carbocycles. The minimum absolute atomic E-state index is 0.212. The summed E-state index contributed by atoms with van der Waals surface area (Å²) in [6.45, 7) is 6.28. The van der Waals surface area contributed by atoms with Crippen LogP contribution in [0.4, 0.5) is 11.4 Å². The van der Waals surface area contributed by atoms with Crippen LogP contribution in [0, 0.1) is 25.2 Å². The minimum atomic E-state index is 0.212. The van der Waals surface area contributed by atoms with Crippen molar-refractivity contribution in [3.8, 4) is 11.8 Å². The maximum atomic E-state index is 12.6. The van der Waals surface area contributed by atoms with Gasteiger partial charge in [0, 0.05) is 30.1 Å². The smallest absolute Gasteiger partial charge is 0.137 e. The monoisotopic (exact) mass is 428 g/mol. The number of nitrogens with one attached hydrogen (secondary N) is 2. The number of hydrogen-bond acceptors (Lipinski definition) is 6. The van der Waals surface area contributed by atoms with E-state index in [1.54, 1.807) is 6.20 Å². The molecule has 0 radical (unpaired) electrons. The molecule has 0 spiro atoms. The molecule has 2 aromatic carbocycles. The van der Waals surface area contributed by atoms with E-state index in [2.05, 4.69) is 21.7 Å². The van der Waals surface area contributed by atoms with Gasteiger partial charge < -0.3 is 15.4 Å². The molecule has 1 aliphatic heterocycles. The molecule has 1 aromatic heterocycles. The largest absolute Gasteiger partial charge is 0.493 e. The number of pyridine rings is 1. The number of ketones is 1. The van der Waals surface area contributed by atoms with Crippen LogP contribution in [-0.2, 0) is 11.2 Å². The quantitative estimate of drug-likeness (QED) is 0.538. The molecule has 6 heteroatoms. The minimum Gasteiger partial charge on any atom is -0.493 e. The third-order valence-corrected chi connectivity index (χ3v) is 5.76. The Kier molecular flexibility index (Phi) is 6.67. The number of Topliss-reactive ketones (excluding diaryl/α,β-unsaturated/α-hetero) is 1. The van der Waals surface area contributed by atoms with Gasteiger partial charge in [0.2, 0.25) is 0 Å². The zero-order valence-corrected chi connectivity index (χ0v) is 18.6. The van der Waals surface area contributed by atoms with E-state index in [0.29, 0.717) is 30.7 Å². The average molecular weight is 429 g/mol. The molecule has 0 unspecified atom stereocenters. The Morgan fingerprint density at radius 1 is 1.12 bits per heavy atom. The number of fused-ring (bicyclic) bond motifs is 2. The third kappa shape index (κ3) is 4.90. The fourth-order valence-electron chi connectivity index (χ4n) is 4.01. The van der Waals surface area contributed by atoms with Gasteiger partial charge in [-0.1, -0.05) is 12.1 Å². The van der Waals surface area contributed by atoms with Crippen LogP contribution in [0.5, 0.6) is 5.75 Å². The second-order valence-electron chi connectivity index (χ2n) is 8.35. The molecule has 0 fully saturated rings. The van der Waals surface area contributed by atoms with E-state index in [1.807, 2.05) is 44.2 Å². The van der Waals surface area contributed by atoms with Gasteiger partial charge in [0.25, 0.3) is 0 Å². The Bertz CT molecular complexity index is 1200. The maximum Gasteiger partial charge on any atom is 0.137 e. The molecule has 32 heavy (non-hydrogen) atoms. The second kappa shape index (κ2) is 9.80. The Hall–Kier alpha value is -3.43. The molecular weight excluding hydrogens is 400 g/mol. The van der Waals surface area contributed by atoms with E-state index < -0.39 is 0 Å². The molecule has 2 bridgehead atoms. The van der Waals surface area contributed by atoms with Gasteiger partial charge in [-0.25, -0.2) is 0 Å². The second-order valence-corrected chi connectivity index (χ2v) is 8.35. The number of benzene rings is 2. The molecule has 3 aromatic rings. The number of carbonyl (C=O) groups is 1. The van der Waals surface area contributed by atoms with Crippen molar-refractivity contribution in [3.05, 3.63) is 58.8 Å². The summed E-state index contributed by atoms with van der Waals surface area (Å²) in [6.07, 6.45) is 4.19. The summed E-state index contributed by atoms with van der Waals surface area (Å²) in [6, 6.07) is 12.3. The van der Waals surface area contributed by atoms with Gasteiger partial charge in [-0.2, -0.15) is 5.26 Å². The lowest BCUT2D eigenvalue weighted by Gasteiger charge is -2.17. The first-order chi connectivity index (χ1) is 15.5. The van der Waals surface area contributed by atoms with Crippen LogP contribution in [-0.4, -0.2) is 30.5 Å². The molecule has 0 atom stereocenters. The van der Waals surface area contributed by atoms with E-state index in [-0.39, 0.29) is 5.78 Å². The summed E-state index contributed by atoms with van der Waals surface area (Å²) in [5, 5.41) is 17.5. The number of carbonyl (C=O) groups excluding carboxylic acids is 1. The first kappa shape index (κ1) is 21.8. The molecular formula is C26H28N4O2. The Morgan fingerprint density at radius 3 is 2.81 bits per heavy atom.